The Morgan fingerprint density at radius 3 is 2.43 bits per heavy atom. The van der Waals surface area contributed by atoms with E-state index in [1.54, 1.807) is 0 Å². The average Bonchev–Trinajstić information content (AvgIpc) is 3.34. The molecule has 1 aliphatic heterocycles. The Morgan fingerprint density at radius 1 is 1.29 bits per heavy atom. The lowest BCUT2D eigenvalue weighted by Gasteiger charge is -2.42. The lowest BCUT2D eigenvalue weighted by Crippen LogP contribution is -2.65. The molecule has 1 saturated heterocycles. The van der Waals surface area contributed by atoms with Crippen molar-refractivity contribution in [1.82, 2.24) is 10.2 Å². The van der Waals surface area contributed by atoms with Gasteiger partial charge in [-0.15, -0.1) is 0 Å². The van der Waals surface area contributed by atoms with Crippen molar-refractivity contribution in [2.75, 3.05) is 6.54 Å². The van der Waals surface area contributed by atoms with Crippen LogP contribution in [0.25, 0.3) is 0 Å². The average molecular weight is 292 g/mol. The fourth-order valence-corrected chi connectivity index (χ4v) is 3.89. The number of hydrogen-bond donors (Lipinski definition) is 1. The number of carbonyl (C=O) groups is 2. The van der Waals surface area contributed by atoms with E-state index in [1.807, 2.05) is 11.8 Å². The second kappa shape index (κ2) is 5.29. The van der Waals surface area contributed by atoms with Crippen LogP contribution in [-0.4, -0.2) is 35.3 Å². The van der Waals surface area contributed by atoms with Crippen LogP contribution in [0.15, 0.2) is 0 Å². The molecule has 1 N–H and O–H groups in total. The van der Waals surface area contributed by atoms with Crippen molar-refractivity contribution in [3.63, 3.8) is 0 Å². The van der Waals surface area contributed by atoms with Crippen molar-refractivity contribution in [3.05, 3.63) is 0 Å². The Kier molecular flexibility index (Phi) is 3.74. The summed E-state index contributed by atoms with van der Waals surface area (Å²) < 4.78 is 0. The molecule has 0 aromatic carbocycles. The van der Waals surface area contributed by atoms with Crippen LogP contribution < -0.4 is 5.32 Å². The molecule has 0 radical (unpaired) electrons. The minimum Gasteiger partial charge on any atom is -0.342 e. The van der Waals surface area contributed by atoms with Crippen LogP contribution in [-0.2, 0) is 9.59 Å². The molecule has 3 aliphatic rings. The molecule has 21 heavy (non-hydrogen) atoms. The van der Waals surface area contributed by atoms with Gasteiger partial charge in [0.05, 0.1) is 0 Å². The van der Waals surface area contributed by atoms with Gasteiger partial charge in [-0.3, -0.25) is 9.59 Å². The zero-order chi connectivity index (χ0) is 15.2. The summed E-state index contributed by atoms with van der Waals surface area (Å²) in [4.78, 5) is 27.2. The van der Waals surface area contributed by atoms with Crippen LogP contribution in [0.3, 0.4) is 0 Å². The summed E-state index contributed by atoms with van der Waals surface area (Å²) in [6.45, 7) is 6.95. The first-order chi connectivity index (χ1) is 10.0. The summed E-state index contributed by atoms with van der Waals surface area (Å²) in [5, 5.41) is 2.97. The summed E-state index contributed by atoms with van der Waals surface area (Å²) in [5.74, 6) is 1.23. The van der Waals surface area contributed by atoms with Crippen LogP contribution >= 0.6 is 0 Å². The fourth-order valence-electron chi connectivity index (χ4n) is 3.89. The molecule has 3 atom stereocenters. The van der Waals surface area contributed by atoms with Gasteiger partial charge in [0, 0.05) is 6.54 Å². The maximum Gasteiger partial charge on any atom is 0.246 e. The van der Waals surface area contributed by atoms with Gasteiger partial charge in [-0.25, -0.2) is 0 Å². The van der Waals surface area contributed by atoms with Crippen molar-refractivity contribution in [1.29, 1.82) is 0 Å². The van der Waals surface area contributed by atoms with Crippen molar-refractivity contribution >= 4 is 11.8 Å². The van der Waals surface area contributed by atoms with E-state index in [1.165, 1.54) is 25.7 Å². The molecule has 2 aliphatic carbocycles. The number of nitrogens with zero attached hydrogens (tertiary/aromatic N) is 1. The van der Waals surface area contributed by atoms with Crippen LogP contribution in [0.2, 0.25) is 0 Å². The molecule has 3 unspecified atom stereocenters. The van der Waals surface area contributed by atoms with Gasteiger partial charge < -0.3 is 10.2 Å². The summed E-state index contributed by atoms with van der Waals surface area (Å²) in [7, 11) is 0. The molecular weight excluding hydrogens is 264 g/mol. The number of rotatable bonds is 6. The molecule has 2 saturated carbocycles. The smallest absolute Gasteiger partial charge is 0.246 e. The van der Waals surface area contributed by atoms with Crippen molar-refractivity contribution < 1.29 is 9.59 Å². The van der Waals surface area contributed by atoms with Gasteiger partial charge in [0.2, 0.25) is 11.8 Å². The van der Waals surface area contributed by atoms with Crippen molar-refractivity contribution in [2.24, 2.45) is 17.3 Å². The molecule has 0 aromatic heterocycles. The SMILES string of the molecule is CCC(C)C1NC(=O)C(CC)N(CC2(C3CC3)CC2)C1=O. The van der Waals surface area contributed by atoms with Gasteiger partial charge in [0.25, 0.3) is 0 Å². The minimum absolute atomic E-state index is 0.0500. The highest BCUT2D eigenvalue weighted by Gasteiger charge is 2.56. The van der Waals surface area contributed by atoms with E-state index in [4.69, 9.17) is 0 Å². The first-order valence-corrected chi connectivity index (χ1v) is 8.63. The summed E-state index contributed by atoms with van der Waals surface area (Å²) in [6, 6.07) is -0.575. The van der Waals surface area contributed by atoms with Gasteiger partial charge in [-0.05, 0) is 49.4 Å². The lowest BCUT2D eigenvalue weighted by atomic mass is 9.91. The first kappa shape index (κ1) is 14.9. The molecule has 4 heteroatoms. The largest absolute Gasteiger partial charge is 0.342 e. The topological polar surface area (TPSA) is 49.4 Å². The van der Waals surface area contributed by atoms with Crippen molar-refractivity contribution in [2.45, 2.75) is 71.4 Å². The number of amides is 2. The van der Waals surface area contributed by atoms with E-state index in [9.17, 15) is 9.59 Å². The van der Waals surface area contributed by atoms with E-state index >= 15 is 0 Å². The quantitative estimate of drug-likeness (QED) is 0.817. The number of hydrogen-bond acceptors (Lipinski definition) is 2. The van der Waals surface area contributed by atoms with E-state index in [2.05, 4.69) is 19.2 Å². The van der Waals surface area contributed by atoms with Crippen LogP contribution in [0, 0.1) is 17.3 Å². The molecule has 1 heterocycles. The maximum absolute atomic E-state index is 12.9. The van der Waals surface area contributed by atoms with E-state index in [0.29, 0.717) is 11.8 Å². The normalized spacial score (nSPS) is 32.8. The Bertz CT molecular complexity index is 440. The van der Waals surface area contributed by atoms with Crippen LogP contribution in [0.5, 0.6) is 0 Å². The molecular formula is C17H28N2O2. The van der Waals surface area contributed by atoms with Gasteiger partial charge >= 0.3 is 0 Å². The standard InChI is InChI=1S/C17H28N2O2/c1-4-11(3)14-16(21)19(13(5-2)15(20)18-14)10-17(8-9-17)12-6-7-12/h11-14H,4-10H2,1-3H3,(H,18,20). The first-order valence-electron chi connectivity index (χ1n) is 8.63. The molecule has 3 rings (SSSR count). The number of carbonyl (C=O) groups excluding carboxylic acids is 2. The van der Waals surface area contributed by atoms with Gasteiger partial charge in [0.15, 0.2) is 0 Å². The monoisotopic (exact) mass is 292 g/mol. The fraction of sp³-hybridized carbons (Fsp3) is 0.882. The predicted octanol–water partition coefficient (Wildman–Crippen LogP) is 2.33. The molecule has 0 spiro atoms. The number of nitrogens with one attached hydrogen (secondary N) is 1. The summed E-state index contributed by atoms with van der Waals surface area (Å²) in [6.07, 6.45) is 6.75. The molecule has 118 valence electrons. The lowest BCUT2D eigenvalue weighted by molar-refractivity contribution is -0.152. The second-order valence-corrected chi connectivity index (χ2v) is 7.40. The van der Waals surface area contributed by atoms with Gasteiger partial charge in [-0.1, -0.05) is 27.2 Å². The summed E-state index contributed by atoms with van der Waals surface area (Å²) in [5.41, 5.74) is 0.362. The third-order valence-corrected chi connectivity index (χ3v) is 5.95. The highest BCUT2D eigenvalue weighted by Crippen LogP contribution is 2.61. The molecule has 0 bridgehead atoms. The van der Waals surface area contributed by atoms with E-state index < -0.39 is 0 Å². The summed E-state index contributed by atoms with van der Waals surface area (Å²) >= 11 is 0. The molecule has 0 aromatic rings. The maximum atomic E-state index is 12.9. The predicted molar refractivity (Wildman–Crippen MR) is 81.6 cm³/mol. The van der Waals surface area contributed by atoms with Crippen LogP contribution in [0.1, 0.15) is 59.3 Å². The minimum atomic E-state index is -0.319. The van der Waals surface area contributed by atoms with Gasteiger partial charge in [-0.2, -0.15) is 0 Å². The van der Waals surface area contributed by atoms with Crippen LogP contribution in [0.4, 0.5) is 0 Å². The zero-order valence-corrected chi connectivity index (χ0v) is 13.5. The van der Waals surface area contributed by atoms with Crippen molar-refractivity contribution in [3.8, 4) is 0 Å². The third kappa shape index (κ3) is 2.58. The second-order valence-electron chi connectivity index (χ2n) is 7.40. The zero-order valence-electron chi connectivity index (χ0n) is 13.5. The Hall–Kier alpha value is -1.06. The molecule has 4 nitrogen and oxygen atoms in total. The highest BCUT2D eigenvalue weighted by atomic mass is 16.2. The highest BCUT2D eigenvalue weighted by molar-refractivity contribution is 5.97. The molecule has 2 amide bonds. The van der Waals surface area contributed by atoms with E-state index in [-0.39, 0.29) is 29.8 Å². The van der Waals surface area contributed by atoms with Gasteiger partial charge in [0.1, 0.15) is 12.1 Å². The Morgan fingerprint density at radius 2 is 1.95 bits per heavy atom. The Balaban J connectivity index is 1.79. The van der Waals surface area contributed by atoms with E-state index in [0.717, 1.165) is 18.9 Å². The number of piperazine rings is 1. The Labute approximate surface area is 127 Å². The molecule has 3 fully saturated rings. The third-order valence-electron chi connectivity index (χ3n) is 5.95.